The fourth-order valence-electron chi connectivity index (χ4n) is 0.960. The van der Waals surface area contributed by atoms with Crippen LogP contribution in [0.1, 0.15) is 33.6 Å². The van der Waals surface area contributed by atoms with Crippen LogP contribution < -0.4 is 11.1 Å². The summed E-state index contributed by atoms with van der Waals surface area (Å²) < 4.78 is 0. The van der Waals surface area contributed by atoms with Crippen LogP contribution in [0.5, 0.6) is 0 Å². The lowest BCUT2D eigenvalue weighted by atomic mass is 10.0. The number of aliphatic hydroxyl groups is 1. The van der Waals surface area contributed by atoms with Gasteiger partial charge in [0, 0.05) is 18.7 Å². The van der Waals surface area contributed by atoms with E-state index in [4.69, 9.17) is 10.8 Å². The molecule has 0 aliphatic heterocycles. The van der Waals surface area contributed by atoms with Crippen molar-refractivity contribution in [1.29, 1.82) is 0 Å². The summed E-state index contributed by atoms with van der Waals surface area (Å²) in [7, 11) is 0. The van der Waals surface area contributed by atoms with Crippen molar-refractivity contribution in [3.63, 3.8) is 0 Å². The van der Waals surface area contributed by atoms with Crippen molar-refractivity contribution in [3.8, 4) is 0 Å². The molecule has 0 amide bonds. The predicted octanol–water partition coefficient (Wildman–Crippen LogP) is 0.462. The molecule has 0 spiro atoms. The lowest BCUT2D eigenvalue weighted by molar-refractivity contribution is 0.244. The Morgan fingerprint density at radius 3 is 2.62 bits per heavy atom. The third-order valence-electron chi connectivity index (χ3n) is 1.71. The Bertz CT molecular complexity index is 166. The first-order valence-electron chi connectivity index (χ1n) is 4.71. The molecule has 4 nitrogen and oxygen atoms in total. The minimum absolute atomic E-state index is 0.154. The number of hydrogen-bond donors (Lipinski definition) is 3. The first-order valence-corrected chi connectivity index (χ1v) is 4.71. The Morgan fingerprint density at radius 1 is 1.54 bits per heavy atom. The van der Waals surface area contributed by atoms with Crippen LogP contribution in [-0.2, 0) is 0 Å². The molecule has 0 heterocycles. The summed E-state index contributed by atoms with van der Waals surface area (Å²) in [5.74, 6) is 0.459. The quantitative estimate of drug-likeness (QED) is 0.432. The number of nitrogens with two attached hydrogens (primary N) is 1. The average Bonchev–Trinajstić information content (AvgIpc) is 1.99. The fourth-order valence-corrected chi connectivity index (χ4v) is 0.960. The fraction of sp³-hybridized carbons (Fsp3) is 0.889. The van der Waals surface area contributed by atoms with Gasteiger partial charge in [-0.15, -0.1) is 0 Å². The SMILES string of the molecule is CCCN=C(N)NC(C)(C)CCO. The lowest BCUT2D eigenvalue weighted by Crippen LogP contribution is -2.47. The summed E-state index contributed by atoms with van der Waals surface area (Å²) in [4.78, 5) is 4.11. The van der Waals surface area contributed by atoms with Crippen molar-refractivity contribution in [1.82, 2.24) is 5.32 Å². The predicted molar refractivity (Wildman–Crippen MR) is 55.7 cm³/mol. The zero-order valence-corrected chi connectivity index (χ0v) is 8.80. The van der Waals surface area contributed by atoms with E-state index < -0.39 is 0 Å². The average molecular weight is 187 g/mol. The molecule has 0 aromatic rings. The van der Waals surface area contributed by atoms with Gasteiger partial charge in [0.15, 0.2) is 5.96 Å². The van der Waals surface area contributed by atoms with Gasteiger partial charge in [0.1, 0.15) is 0 Å². The van der Waals surface area contributed by atoms with Gasteiger partial charge < -0.3 is 16.2 Å². The van der Waals surface area contributed by atoms with Gasteiger partial charge in [0.2, 0.25) is 0 Å². The van der Waals surface area contributed by atoms with Crippen molar-refractivity contribution >= 4 is 5.96 Å². The monoisotopic (exact) mass is 187 g/mol. The van der Waals surface area contributed by atoms with E-state index in [1.165, 1.54) is 0 Å². The van der Waals surface area contributed by atoms with Crippen LogP contribution in [0.4, 0.5) is 0 Å². The molecule has 4 heteroatoms. The highest BCUT2D eigenvalue weighted by atomic mass is 16.3. The second-order valence-electron chi connectivity index (χ2n) is 3.75. The number of guanidine groups is 1. The summed E-state index contributed by atoms with van der Waals surface area (Å²) in [5, 5.41) is 11.8. The third kappa shape index (κ3) is 6.40. The molecule has 0 rings (SSSR count). The Hall–Kier alpha value is -0.770. The first-order chi connectivity index (χ1) is 6.02. The van der Waals surface area contributed by atoms with E-state index in [1.807, 2.05) is 13.8 Å². The van der Waals surface area contributed by atoms with Crippen LogP contribution in [0.3, 0.4) is 0 Å². The van der Waals surface area contributed by atoms with Gasteiger partial charge in [-0.3, -0.25) is 4.99 Å². The lowest BCUT2D eigenvalue weighted by Gasteiger charge is -2.25. The molecule has 0 radical (unpaired) electrons. The molecular weight excluding hydrogens is 166 g/mol. The maximum atomic E-state index is 8.77. The molecule has 0 saturated carbocycles. The van der Waals surface area contributed by atoms with E-state index in [0.29, 0.717) is 12.4 Å². The minimum atomic E-state index is -0.184. The number of rotatable bonds is 5. The molecular formula is C9H21N3O. The number of aliphatic imine (C=N–C) groups is 1. The van der Waals surface area contributed by atoms with E-state index in [9.17, 15) is 0 Å². The summed E-state index contributed by atoms with van der Waals surface area (Å²) in [6, 6.07) is 0. The van der Waals surface area contributed by atoms with Crippen molar-refractivity contribution in [2.24, 2.45) is 10.7 Å². The normalized spacial score (nSPS) is 13.1. The van der Waals surface area contributed by atoms with Crippen LogP contribution in [0.15, 0.2) is 4.99 Å². The number of aliphatic hydroxyl groups excluding tert-OH is 1. The second kappa shape index (κ2) is 5.80. The molecule has 0 saturated heterocycles. The topological polar surface area (TPSA) is 70.6 Å². The Labute approximate surface area is 80.2 Å². The van der Waals surface area contributed by atoms with Gasteiger partial charge in [0.05, 0.1) is 0 Å². The molecule has 0 atom stereocenters. The molecule has 4 N–H and O–H groups in total. The highest BCUT2D eigenvalue weighted by Crippen LogP contribution is 2.05. The molecule has 0 aliphatic rings. The van der Waals surface area contributed by atoms with Crippen LogP contribution in [0.2, 0.25) is 0 Å². The Balaban J connectivity index is 3.94. The van der Waals surface area contributed by atoms with Crippen LogP contribution in [0.25, 0.3) is 0 Å². The van der Waals surface area contributed by atoms with Gasteiger partial charge in [-0.2, -0.15) is 0 Å². The van der Waals surface area contributed by atoms with Crippen LogP contribution in [-0.4, -0.2) is 29.8 Å². The second-order valence-corrected chi connectivity index (χ2v) is 3.75. The standard InChI is InChI=1S/C9H21N3O/c1-4-6-11-8(10)12-9(2,3)5-7-13/h13H,4-7H2,1-3H3,(H3,10,11,12). The maximum absolute atomic E-state index is 8.77. The van der Waals surface area contributed by atoms with E-state index in [2.05, 4.69) is 17.2 Å². The molecule has 0 aromatic heterocycles. The molecule has 0 fully saturated rings. The zero-order valence-electron chi connectivity index (χ0n) is 8.80. The molecule has 78 valence electrons. The Kier molecular flexibility index (Phi) is 5.46. The highest BCUT2D eigenvalue weighted by Gasteiger charge is 2.16. The molecule has 0 bridgehead atoms. The molecule has 0 unspecified atom stereocenters. The van der Waals surface area contributed by atoms with Crippen molar-refractivity contribution in [2.75, 3.05) is 13.2 Å². The minimum Gasteiger partial charge on any atom is -0.396 e. The van der Waals surface area contributed by atoms with Crippen molar-refractivity contribution < 1.29 is 5.11 Å². The van der Waals surface area contributed by atoms with Gasteiger partial charge in [-0.05, 0) is 26.7 Å². The number of hydrogen-bond acceptors (Lipinski definition) is 2. The van der Waals surface area contributed by atoms with Gasteiger partial charge in [-0.1, -0.05) is 6.92 Å². The molecule has 0 aliphatic carbocycles. The Morgan fingerprint density at radius 2 is 2.15 bits per heavy atom. The van der Waals surface area contributed by atoms with Crippen molar-refractivity contribution in [3.05, 3.63) is 0 Å². The van der Waals surface area contributed by atoms with E-state index in [0.717, 1.165) is 13.0 Å². The maximum Gasteiger partial charge on any atom is 0.188 e. The summed E-state index contributed by atoms with van der Waals surface area (Å²) in [6.07, 6.45) is 1.65. The van der Waals surface area contributed by atoms with E-state index in [1.54, 1.807) is 0 Å². The van der Waals surface area contributed by atoms with Crippen LogP contribution >= 0.6 is 0 Å². The summed E-state index contributed by atoms with van der Waals surface area (Å²) in [6.45, 7) is 6.92. The van der Waals surface area contributed by atoms with Gasteiger partial charge in [0.25, 0.3) is 0 Å². The first kappa shape index (κ1) is 12.2. The largest absolute Gasteiger partial charge is 0.396 e. The van der Waals surface area contributed by atoms with E-state index in [-0.39, 0.29) is 12.1 Å². The highest BCUT2D eigenvalue weighted by molar-refractivity contribution is 5.78. The summed E-state index contributed by atoms with van der Waals surface area (Å²) >= 11 is 0. The van der Waals surface area contributed by atoms with Crippen molar-refractivity contribution in [2.45, 2.75) is 39.2 Å². The zero-order chi connectivity index (χ0) is 10.3. The number of nitrogens with zero attached hydrogens (tertiary/aromatic N) is 1. The third-order valence-corrected chi connectivity index (χ3v) is 1.71. The number of nitrogens with one attached hydrogen (secondary N) is 1. The van der Waals surface area contributed by atoms with Gasteiger partial charge >= 0.3 is 0 Å². The smallest absolute Gasteiger partial charge is 0.188 e. The van der Waals surface area contributed by atoms with Gasteiger partial charge in [-0.25, -0.2) is 0 Å². The van der Waals surface area contributed by atoms with E-state index >= 15 is 0 Å². The van der Waals surface area contributed by atoms with Crippen LogP contribution in [0, 0.1) is 0 Å². The summed E-state index contributed by atoms with van der Waals surface area (Å²) in [5.41, 5.74) is 5.45. The molecule has 13 heavy (non-hydrogen) atoms. The molecule has 0 aromatic carbocycles.